The second-order valence-corrected chi connectivity index (χ2v) is 18.3. The smallest absolute Gasteiger partial charge is 0.253 e. The summed E-state index contributed by atoms with van der Waals surface area (Å²) in [6, 6.07) is 8.22. The Morgan fingerprint density at radius 1 is 1.00 bits per heavy atom. The molecule has 1 aromatic carbocycles. The van der Waals surface area contributed by atoms with Crippen LogP contribution in [0.4, 0.5) is 0 Å². The van der Waals surface area contributed by atoms with Crippen molar-refractivity contribution in [3.63, 3.8) is 0 Å². The summed E-state index contributed by atoms with van der Waals surface area (Å²) in [5.41, 5.74) is 1.35. The van der Waals surface area contributed by atoms with Crippen molar-refractivity contribution >= 4 is 27.6 Å². The third-order valence-electron chi connectivity index (χ3n) is 10.1. The summed E-state index contributed by atoms with van der Waals surface area (Å²) in [5.74, 6) is -0.582. The van der Waals surface area contributed by atoms with Crippen molar-refractivity contribution in [3.8, 4) is 0 Å². The van der Waals surface area contributed by atoms with Crippen molar-refractivity contribution in [1.82, 2.24) is 25.8 Å². The summed E-state index contributed by atoms with van der Waals surface area (Å²) in [7, 11) is -3.87. The van der Waals surface area contributed by atoms with E-state index < -0.39 is 56.2 Å². The van der Waals surface area contributed by atoms with Crippen LogP contribution in [0.15, 0.2) is 48.8 Å². The highest BCUT2D eigenvalue weighted by Gasteiger charge is 2.46. The molecular weight excluding hydrogens is 643 g/mol. The van der Waals surface area contributed by atoms with Gasteiger partial charge in [-0.05, 0) is 89.8 Å². The van der Waals surface area contributed by atoms with Gasteiger partial charge in [-0.1, -0.05) is 49.6 Å². The summed E-state index contributed by atoms with van der Waals surface area (Å²) in [4.78, 5) is 47.3. The molecule has 0 spiro atoms. The number of sulfone groups is 1. The minimum absolute atomic E-state index is 0.0734. The summed E-state index contributed by atoms with van der Waals surface area (Å²) >= 11 is 0. The molecule has 1 aliphatic carbocycles. The van der Waals surface area contributed by atoms with Crippen LogP contribution in [0.2, 0.25) is 0 Å². The number of hydrogen-bond donors (Lipinski definition) is 4. The number of aromatic nitrogens is 1. The molecule has 11 nitrogen and oxygen atoms in total. The maximum absolute atomic E-state index is 14.2. The Kier molecular flexibility index (Phi) is 12.3. The summed E-state index contributed by atoms with van der Waals surface area (Å²) < 4.78 is 24.3. The average molecular weight is 698 g/mol. The van der Waals surface area contributed by atoms with Gasteiger partial charge in [-0.25, -0.2) is 8.42 Å². The number of benzene rings is 1. The normalized spacial score (nSPS) is 22.2. The molecule has 270 valence electrons. The number of rotatable bonds is 12. The number of aryl methyl sites for hydroxylation is 1. The third-order valence-corrected chi connectivity index (χ3v) is 12.3. The first-order valence-electron chi connectivity index (χ1n) is 17.4. The SMILES string of the molecule is Cc1cncc(C(=O)N[C@H](C(=O)NC(Cc2ccccc2)C(O)CN2C[C@H]3CCCC[C@H]3CC2C(=O)NC(C)(C)C)C(C)(C)S(C)(=O)=O)c1. The molecule has 3 unspecified atom stereocenters. The lowest BCUT2D eigenvalue weighted by molar-refractivity contribution is -0.133. The first-order chi connectivity index (χ1) is 22.9. The van der Waals surface area contributed by atoms with E-state index in [1.165, 1.54) is 20.0 Å². The van der Waals surface area contributed by atoms with E-state index in [1.807, 2.05) is 51.1 Å². The van der Waals surface area contributed by atoms with Gasteiger partial charge in [0.25, 0.3) is 5.91 Å². The zero-order valence-electron chi connectivity index (χ0n) is 30.0. The van der Waals surface area contributed by atoms with Crippen LogP contribution in [-0.4, -0.2) is 95.0 Å². The van der Waals surface area contributed by atoms with Crippen LogP contribution in [-0.2, 0) is 25.8 Å². The summed E-state index contributed by atoms with van der Waals surface area (Å²) in [5, 5.41) is 20.7. The second kappa shape index (κ2) is 15.7. The van der Waals surface area contributed by atoms with Crippen LogP contribution in [0.25, 0.3) is 0 Å². The Labute approximate surface area is 291 Å². The predicted octanol–water partition coefficient (Wildman–Crippen LogP) is 3.20. The lowest BCUT2D eigenvalue weighted by Crippen LogP contribution is -2.64. The van der Waals surface area contributed by atoms with Crippen LogP contribution in [0.3, 0.4) is 0 Å². The largest absolute Gasteiger partial charge is 0.390 e. The number of β-amino-alcohol motifs (C(OH)–C–C–N with tert-alkyl or cyclic N) is 1. The van der Waals surface area contributed by atoms with Crippen LogP contribution in [0.1, 0.15) is 88.2 Å². The molecule has 4 rings (SSSR count). The molecule has 2 aromatic rings. The van der Waals surface area contributed by atoms with Crippen molar-refractivity contribution in [3.05, 3.63) is 65.5 Å². The Bertz CT molecular complexity index is 1570. The molecule has 2 heterocycles. The van der Waals surface area contributed by atoms with Gasteiger partial charge in [0.05, 0.1) is 28.5 Å². The molecule has 12 heteroatoms. The minimum Gasteiger partial charge on any atom is -0.390 e. The Morgan fingerprint density at radius 3 is 2.27 bits per heavy atom. The van der Waals surface area contributed by atoms with Crippen LogP contribution in [0.5, 0.6) is 0 Å². The molecule has 6 atom stereocenters. The molecule has 0 bridgehead atoms. The highest BCUT2D eigenvalue weighted by Crippen LogP contribution is 2.39. The van der Waals surface area contributed by atoms with E-state index in [4.69, 9.17) is 0 Å². The quantitative estimate of drug-likeness (QED) is 0.264. The Balaban J connectivity index is 1.63. The van der Waals surface area contributed by atoms with E-state index in [0.29, 0.717) is 24.8 Å². The molecule has 1 aromatic heterocycles. The van der Waals surface area contributed by atoms with Gasteiger partial charge in [-0.2, -0.15) is 0 Å². The fraction of sp³-hybridized carbons (Fsp3) is 0.622. The lowest BCUT2D eigenvalue weighted by atomic mass is 9.72. The van der Waals surface area contributed by atoms with E-state index in [2.05, 4.69) is 25.8 Å². The van der Waals surface area contributed by atoms with Crippen LogP contribution < -0.4 is 16.0 Å². The Morgan fingerprint density at radius 2 is 1.65 bits per heavy atom. The molecule has 2 fully saturated rings. The van der Waals surface area contributed by atoms with Crippen molar-refractivity contribution in [2.75, 3.05) is 19.3 Å². The maximum atomic E-state index is 14.2. The number of pyridine rings is 1. The van der Waals surface area contributed by atoms with Crippen molar-refractivity contribution < 1.29 is 27.9 Å². The van der Waals surface area contributed by atoms with E-state index in [1.54, 1.807) is 19.2 Å². The minimum atomic E-state index is -3.87. The van der Waals surface area contributed by atoms with Crippen molar-refractivity contribution in [2.45, 2.75) is 115 Å². The number of carbonyl (C=O) groups excluding carboxylic acids is 3. The van der Waals surface area contributed by atoms with Gasteiger partial charge in [0.1, 0.15) is 6.04 Å². The fourth-order valence-electron chi connectivity index (χ4n) is 7.07. The topological polar surface area (TPSA) is 158 Å². The third kappa shape index (κ3) is 10.1. The van der Waals surface area contributed by atoms with Gasteiger partial charge in [0.15, 0.2) is 9.84 Å². The number of carbonyl (C=O) groups is 3. The van der Waals surface area contributed by atoms with Gasteiger partial charge in [-0.15, -0.1) is 0 Å². The van der Waals surface area contributed by atoms with Crippen molar-refractivity contribution in [2.24, 2.45) is 11.8 Å². The molecule has 4 N–H and O–H groups in total. The van der Waals surface area contributed by atoms with E-state index >= 15 is 0 Å². The van der Waals surface area contributed by atoms with Crippen LogP contribution >= 0.6 is 0 Å². The lowest BCUT2D eigenvalue weighted by Gasteiger charge is -2.47. The number of aliphatic hydroxyl groups excluding tert-OH is 1. The van der Waals surface area contributed by atoms with Gasteiger partial charge in [0, 0.05) is 37.3 Å². The van der Waals surface area contributed by atoms with Gasteiger partial charge in [0.2, 0.25) is 11.8 Å². The number of hydrogen-bond acceptors (Lipinski definition) is 8. The van der Waals surface area contributed by atoms with Crippen molar-refractivity contribution in [1.29, 1.82) is 0 Å². The standard InChI is InChI=1S/C37H55N5O6S/c1-24-17-28(21-38-20-24)33(44)40-32(37(5,6)49(7,47)48)35(46)39-29(18-25-13-9-8-10-14-25)31(43)23-42-22-27-16-12-11-15-26(27)19-30(42)34(45)41-36(2,3)4/h8-10,13-14,17,20-21,26-27,29-32,43H,11-12,15-16,18-19,22-23H2,1-7H3,(H,39,46)(H,40,44)(H,41,45)/t26-,27+,29?,30?,31?,32+/m0/s1. The number of amides is 3. The maximum Gasteiger partial charge on any atom is 0.253 e. The zero-order chi connectivity index (χ0) is 36.1. The summed E-state index contributed by atoms with van der Waals surface area (Å²) in [6.45, 7) is 11.2. The van der Waals surface area contributed by atoms with E-state index in [0.717, 1.165) is 43.1 Å². The first kappa shape index (κ1) is 38.5. The van der Waals surface area contributed by atoms with Gasteiger partial charge < -0.3 is 21.1 Å². The summed E-state index contributed by atoms with van der Waals surface area (Å²) in [6.07, 6.45) is 8.28. The average Bonchev–Trinajstić information content (AvgIpc) is 3.01. The second-order valence-electron chi connectivity index (χ2n) is 15.7. The molecule has 0 radical (unpaired) electrons. The number of nitrogens with one attached hydrogen (secondary N) is 3. The fourth-order valence-corrected chi connectivity index (χ4v) is 7.67. The number of nitrogens with zero attached hydrogens (tertiary/aromatic N) is 2. The van der Waals surface area contributed by atoms with Gasteiger partial charge in [-0.3, -0.25) is 24.3 Å². The molecular formula is C37H55N5O6S. The Hall–Kier alpha value is -3.35. The molecule has 1 aliphatic heterocycles. The number of likely N-dealkylation sites (tertiary alicyclic amines) is 1. The van der Waals surface area contributed by atoms with Gasteiger partial charge >= 0.3 is 0 Å². The molecule has 49 heavy (non-hydrogen) atoms. The monoisotopic (exact) mass is 697 g/mol. The zero-order valence-corrected chi connectivity index (χ0v) is 30.8. The first-order valence-corrected chi connectivity index (χ1v) is 19.3. The highest BCUT2D eigenvalue weighted by molar-refractivity contribution is 7.92. The van der Waals surface area contributed by atoms with E-state index in [-0.39, 0.29) is 24.4 Å². The number of fused-ring (bicyclic) bond motifs is 1. The molecule has 3 amide bonds. The number of piperidine rings is 1. The molecule has 1 saturated carbocycles. The van der Waals surface area contributed by atoms with Crippen LogP contribution in [0, 0.1) is 18.8 Å². The highest BCUT2D eigenvalue weighted by atomic mass is 32.2. The number of aliphatic hydroxyl groups is 1. The van der Waals surface area contributed by atoms with E-state index in [9.17, 15) is 27.9 Å². The molecule has 2 aliphatic rings. The predicted molar refractivity (Wildman–Crippen MR) is 191 cm³/mol. The molecule has 1 saturated heterocycles.